The topological polar surface area (TPSA) is 74.5 Å². The van der Waals surface area contributed by atoms with Crippen molar-refractivity contribution in [3.8, 4) is 11.5 Å². The first kappa shape index (κ1) is 22.8. The molecule has 1 aliphatic rings. The van der Waals surface area contributed by atoms with Crippen molar-refractivity contribution in [2.45, 2.75) is 20.0 Å². The molecule has 1 amide bonds. The lowest BCUT2D eigenvalue weighted by Crippen LogP contribution is -2.46. The molecule has 1 fully saturated rings. The largest absolute Gasteiger partial charge is 0.441 e. The van der Waals surface area contributed by atoms with Crippen molar-refractivity contribution in [2.75, 3.05) is 31.1 Å². The number of rotatable bonds is 7. The van der Waals surface area contributed by atoms with Gasteiger partial charge < -0.3 is 14.6 Å². The van der Waals surface area contributed by atoms with E-state index >= 15 is 0 Å². The number of amides is 1. The highest BCUT2D eigenvalue weighted by molar-refractivity contribution is 5.94. The van der Waals surface area contributed by atoms with Gasteiger partial charge in [0.2, 0.25) is 5.89 Å². The number of hydrogen-bond donors (Lipinski definition) is 1. The van der Waals surface area contributed by atoms with E-state index in [0.717, 1.165) is 55.3 Å². The Morgan fingerprint density at radius 3 is 2.46 bits per heavy atom. The number of carbonyl (C=O) groups is 1. The monoisotopic (exact) mass is 467 g/mol. The predicted molar refractivity (Wildman–Crippen MR) is 136 cm³/mol. The van der Waals surface area contributed by atoms with E-state index in [1.165, 1.54) is 5.69 Å². The molecule has 35 heavy (non-hydrogen) atoms. The minimum absolute atomic E-state index is 0.126. The summed E-state index contributed by atoms with van der Waals surface area (Å²) in [7, 11) is 0. The summed E-state index contributed by atoms with van der Waals surface area (Å²) in [5.74, 6) is 1.30. The number of anilines is 1. The first-order valence-corrected chi connectivity index (χ1v) is 11.9. The Morgan fingerprint density at radius 2 is 1.74 bits per heavy atom. The van der Waals surface area contributed by atoms with Gasteiger partial charge in [0.15, 0.2) is 0 Å². The molecule has 0 bridgehead atoms. The summed E-state index contributed by atoms with van der Waals surface area (Å²) >= 11 is 0. The fourth-order valence-corrected chi connectivity index (χ4v) is 4.26. The molecule has 5 rings (SSSR count). The van der Waals surface area contributed by atoms with Crippen molar-refractivity contribution in [3.63, 3.8) is 0 Å². The fraction of sp³-hybridized carbons (Fsp3) is 0.250. The van der Waals surface area contributed by atoms with Crippen LogP contribution < -0.4 is 10.2 Å². The Morgan fingerprint density at radius 1 is 0.971 bits per heavy atom. The number of nitrogens with one attached hydrogen (secondary N) is 1. The molecule has 7 heteroatoms. The molecule has 1 saturated heterocycles. The van der Waals surface area contributed by atoms with E-state index in [2.05, 4.69) is 50.4 Å². The molecule has 4 aromatic rings. The zero-order valence-corrected chi connectivity index (χ0v) is 19.9. The average molecular weight is 468 g/mol. The lowest BCUT2D eigenvalue weighted by atomic mass is 10.1. The fourth-order valence-electron chi connectivity index (χ4n) is 4.26. The van der Waals surface area contributed by atoms with Gasteiger partial charge in [0.05, 0.1) is 5.69 Å². The van der Waals surface area contributed by atoms with E-state index in [-0.39, 0.29) is 5.91 Å². The van der Waals surface area contributed by atoms with Crippen LogP contribution in [0.5, 0.6) is 0 Å². The molecule has 0 spiro atoms. The first-order valence-electron chi connectivity index (χ1n) is 11.9. The summed E-state index contributed by atoms with van der Waals surface area (Å²) < 4.78 is 5.98. The van der Waals surface area contributed by atoms with Crippen LogP contribution in [-0.4, -0.2) is 47.0 Å². The molecule has 1 N–H and O–H groups in total. The highest BCUT2D eigenvalue weighted by atomic mass is 16.4. The van der Waals surface area contributed by atoms with Crippen LogP contribution in [0.15, 0.2) is 83.5 Å². The Labute approximate surface area is 205 Å². The zero-order chi connectivity index (χ0) is 24.0. The van der Waals surface area contributed by atoms with Crippen LogP contribution in [0.4, 0.5) is 5.69 Å². The number of carbonyl (C=O) groups excluding carboxylic acids is 1. The van der Waals surface area contributed by atoms with Crippen LogP contribution in [0.2, 0.25) is 0 Å². The van der Waals surface area contributed by atoms with Gasteiger partial charge in [-0.05, 0) is 55.0 Å². The predicted octanol–water partition coefficient (Wildman–Crippen LogP) is 4.30. The number of piperazine rings is 1. The highest BCUT2D eigenvalue weighted by Crippen LogP contribution is 2.24. The lowest BCUT2D eigenvalue weighted by Gasteiger charge is -2.35. The third kappa shape index (κ3) is 5.58. The number of aromatic nitrogens is 2. The van der Waals surface area contributed by atoms with E-state index in [1.54, 1.807) is 24.5 Å². The van der Waals surface area contributed by atoms with Gasteiger partial charge in [0, 0.05) is 68.5 Å². The van der Waals surface area contributed by atoms with E-state index in [9.17, 15) is 4.79 Å². The van der Waals surface area contributed by atoms with Gasteiger partial charge in [-0.15, -0.1) is 0 Å². The second-order valence-electron chi connectivity index (χ2n) is 8.74. The quantitative estimate of drug-likeness (QED) is 0.437. The minimum atomic E-state index is -0.126. The number of benzene rings is 2. The van der Waals surface area contributed by atoms with Crippen LogP contribution in [0, 0.1) is 6.92 Å². The maximum absolute atomic E-state index is 12.5. The SMILES string of the molecule is Cc1oc(-c2ccc(C(=O)NCc3cccnc3)cc2)nc1CN1CCN(c2ccccc2)CC1. The van der Waals surface area contributed by atoms with E-state index in [4.69, 9.17) is 9.40 Å². The van der Waals surface area contributed by atoms with Crippen LogP contribution in [0.1, 0.15) is 27.4 Å². The molecular formula is C28H29N5O2. The summed E-state index contributed by atoms with van der Waals surface area (Å²) in [5, 5.41) is 2.92. The molecule has 0 radical (unpaired) electrons. The van der Waals surface area contributed by atoms with Crippen molar-refractivity contribution in [1.29, 1.82) is 0 Å². The standard InChI is InChI=1S/C28H29N5O2/c1-21-26(20-32-14-16-33(17-15-32)25-7-3-2-4-8-25)31-28(35-21)24-11-9-23(10-12-24)27(34)30-19-22-6-5-13-29-18-22/h2-13,18H,14-17,19-20H2,1H3,(H,30,34). The van der Waals surface area contributed by atoms with Gasteiger partial charge in [-0.2, -0.15) is 0 Å². The third-order valence-electron chi connectivity index (χ3n) is 6.33. The van der Waals surface area contributed by atoms with Crippen LogP contribution in [0.25, 0.3) is 11.5 Å². The normalized spacial score (nSPS) is 14.1. The van der Waals surface area contributed by atoms with E-state index in [0.29, 0.717) is 18.0 Å². The molecule has 0 saturated carbocycles. The first-order chi connectivity index (χ1) is 17.2. The van der Waals surface area contributed by atoms with Crippen LogP contribution in [0.3, 0.4) is 0 Å². The summed E-state index contributed by atoms with van der Waals surface area (Å²) in [5.41, 5.74) is 4.66. The van der Waals surface area contributed by atoms with Crippen molar-refractivity contribution < 1.29 is 9.21 Å². The van der Waals surface area contributed by atoms with Crippen molar-refractivity contribution >= 4 is 11.6 Å². The van der Waals surface area contributed by atoms with Crippen molar-refractivity contribution in [2.24, 2.45) is 0 Å². The Bertz CT molecular complexity index is 1250. The van der Waals surface area contributed by atoms with Gasteiger partial charge in [0.1, 0.15) is 5.76 Å². The molecule has 2 aromatic carbocycles. The number of hydrogen-bond acceptors (Lipinski definition) is 6. The maximum Gasteiger partial charge on any atom is 0.251 e. The maximum atomic E-state index is 12.5. The molecule has 178 valence electrons. The van der Waals surface area contributed by atoms with Gasteiger partial charge in [-0.1, -0.05) is 24.3 Å². The Balaban J connectivity index is 1.17. The van der Waals surface area contributed by atoms with Crippen molar-refractivity contribution in [1.82, 2.24) is 20.2 Å². The number of oxazole rings is 1. The number of para-hydroxylation sites is 1. The van der Waals surface area contributed by atoms with Gasteiger partial charge in [-0.25, -0.2) is 4.98 Å². The molecule has 2 aromatic heterocycles. The third-order valence-corrected chi connectivity index (χ3v) is 6.33. The van der Waals surface area contributed by atoms with Crippen molar-refractivity contribution in [3.05, 3.63) is 102 Å². The smallest absolute Gasteiger partial charge is 0.251 e. The van der Waals surface area contributed by atoms with E-state index in [1.807, 2.05) is 31.2 Å². The summed E-state index contributed by atoms with van der Waals surface area (Å²) in [6.07, 6.45) is 3.46. The number of pyridine rings is 1. The second kappa shape index (κ2) is 10.5. The van der Waals surface area contributed by atoms with Gasteiger partial charge in [0.25, 0.3) is 5.91 Å². The molecule has 0 unspecified atom stereocenters. The van der Waals surface area contributed by atoms with Gasteiger partial charge in [-0.3, -0.25) is 14.7 Å². The molecule has 0 aliphatic carbocycles. The second-order valence-corrected chi connectivity index (χ2v) is 8.74. The number of aryl methyl sites for hydroxylation is 1. The highest BCUT2D eigenvalue weighted by Gasteiger charge is 2.20. The molecule has 1 aliphatic heterocycles. The zero-order valence-electron chi connectivity index (χ0n) is 19.9. The van der Waals surface area contributed by atoms with Crippen LogP contribution in [-0.2, 0) is 13.1 Å². The summed E-state index contributed by atoms with van der Waals surface area (Å²) in [6.45, 7) is 7.14. The Hall–Kier alpha value is -3.97. The Kier molecular flexibility index (Phi) is 6.86. The van der Waals surface area contributed by atoms with E-state index < -0.39 is 0 Å². The number of nitrogens with zero attached hydrogens (tertiary/aromatic N) is 4. The summed E-state index contributed by atoms with van der Waals surface area (Å²) in [4.78, 5) is 26.2. The minimum Gasteiger partial charge on any atom is -0.441 e. The average Bonchev–Trinajstić information content (AvgIpc) is 3.28. The lowest BCUT2D eigenvalue weighted by molar-refractivity contribution is 0.0951. The van der Waals surface area contributed by atoms with Crippen LogP contribution >= 0.6 is 0 Å². The summed E-state index contributed by atoms with van der Waals surface area (Å²) in [6, 6.07) is 21.7. The van der Waals surface area contributed by atoms with Gasteiger partial charge >= 0.3 is 0 Å². The molecule has 7 nitrogen and oxygen atoms in total. The molecule has 0 atom stereocenters. The molecule has 3 heterocycles. The molecular weight excluding hydrogens is 438 g/mol.